The zero-order valence-corrected chi connectivity index (χ0v) is 11.6. The maximum absolute atomic E-state index is 12.1. The van der Waals surface area contributed by atoms with Crippen LogP contribution in [0.15, 0.2) is 24.3 Å². The summed E-state index contributed by atoms with van der Waals surface area (Å²) in [6.07, 6.45) is 0. The Balaban J connectivity index is 2.91. The van der Waals surface area contributed by atoms with Gasteiger partial charge in [-0.15, -0.1) is 0 Å². The highest BCUT2D eigenvalue weighted by Gasteiger charge is 2.25. The highest BCUT2D eigenvalue weighted by atomic mass is 16.6. The number of carbonyl (C=O) groups excluding carboxylic acids is 1. The Hall–Kier alpha value is -1.55. The summed E-state index contributed by atoms with van der Waals surface area (Å²) < 4.78 is 10.5. The van der Waals surface area contributed by atoms with Gasteiger partial charge in [0.1, 0.15) is 17.4 Å². The molecule has 0 fully saturated rings. The van der Waals surface area contributed by atoms with E-state index in [1.807, 2.05) is 45.0 Å². The molecule has 1 rings (SSSR count). The van der Waals surface area contributed by atoms with Crippen molar-refractivity contribution in [2.24, 2.45) is 0 Å². The first kappa shape index (κ1) is 14.5. The fraction of sp³-hybridized carbons (Fsp3) is 0.500. The minimum Gasteiger partial charge on any atom is -0.497 e. The average molecular weight is 251 g/mol. The van der Waals surface area contributed by atoms with Crippen LogP contribution in [0, 0.1) is 0 Å². The second kappa shape index (κ2) is 5.87. The van der Waals surface area contributed by atoms with E-state index in [9.17, 15) is 4.79 Å². The first-order valence-corrected chi connectivity index (χ1v) is 5.91. The lowest BCUT2D eigenvalue weighted by Gasteiger charge is -2.24. The van der Waals surface area contributed by atoms with Crippen LogP contribution < -0.4 is 10.1 Å². The molecule has 0 heterocycles. The number of nitrogens with one attached hydrogen (secondary N) is 1. The molecule has 1 aromatic carbocycles. The molecule has 0 aliphatic rings. The van der Waals surface area contributed by atoms with Crippen LogP contribution >= 0.6 is 0 Å². The zero-order chi connectivity index (χ0) is 13.8. The fourth-order valence-corrected chi connectivity index (χ4v) is 1.60. The molecule has 0 aliphatic heterocycles. The second-order valence-corrected chi connectivity index (χ2v) is 5.03. The maximum Gasteiger partial charge on any atom is 0.328 e. The van der Waals surface area contributed by atoms with E-state index >= 15 is 0 Å². The Labute approximate surface area is 108 Å². The third-order valence-corrected chi connectivity index (χ3v) is 2.36. The Morgan fingerprint density at radius 3 is 2.50 bits per heavy atom. The molecule has 1 unspecified atom stereocenters. The van der Waals surface area contributed by atoms with Crippen molar-refractivity contribution >= 4 is 5.97 Å². The van der Waals surface area contributed by atoms with Crippen LogP contribution in [0.3, 0.4) is 0 Å². The van der Waals surface area contributed by atoms with Crippen molar-refractivity contribution in [3.05, 3.63) is 29.8 Å². The molecule has 4 nitrogen and oxygen atoms in total. The van der Waals surface area contributed by atoms with Gasteiger partial charge in [0.25, 0.3) is 0 Å². The van der Waals surface area contributed by atoms with E-state index in [2.05, 4.69) is 5.32 Å². The van der Waals surface area contributed by atoms with Crippen molar-refractivity contribution in [1.29, 1.82) is 0 Å². The highest BCUT2D eigenvalue weighted by Crippen LogP contribution is 2.22. The monoisotopic (exact) mass is 251 g/mol. The van der Waals surface area contributed by atoms with Crippen LogP contribution in [-0.4, -0.2) is 25.7 Å². The molecule has 1 atom stereocenters. The molecule has 0 radical (unpaired) electrons. The van der Waals surface area contributed by atoms with Gasteiger partial charge >= 0.3 is 5.97 Å². The van der Waals surface area contributed by atoms with E-state index in [1.54, 1.807) is 14.2 Å². The first-order valence-electron chi connectivity index (χ1n) is 5.91. The van der Waals surface area contributed by atoms with Gasteiger partial charge in [-0.05, 0) is 45.5 Å². The number of methoxy groups -OCH3 is 1. The minimum atomic E-state index is -0.495. The van der Waals surface area contributed by atoms with Crippen molar-refractivity contribution in [2.45, 2.75) is 32.4 Å². The molecule has 0 saturated heterocycles. The smallest absolute Gasteiger partial charge is 0.328 e. The van der Waals surface area contributed by atoms with Gasteiger partial charge in [-0.25, -0.2) is 4.79 Å². The van der Waals surface area contributed by atoms with E-state index in [4.69, 9.17) is 9.47 Å². The summed E-state index contributed by atoms with van der Waals surface area (Å²) in [5.41, 5.74) is 0.330. The lowest BCUT2D eigenvalue weighted by molar-refractivity contribution is -0.157. The Morgan fingerprint density at radius 1 is 1.33 bits per heavy atom. The Morgan fingerprint density at radius 2 is 2.00 bits per heavy atom. The van der Waals surface area contributed by atoms with Crippen LogP contribution in [0.25, 0.3) is 0 Å². The molecule has 1 aromatic rings. The van der Waals surface area contributed by atoms with Gasteiger partial charge in [0, 0.05) is 0 Å². The quantitative estimate of drug-likeness (QED) is 0.834. The summed E-state index contributed by atoms with van der Waals surface area (Å²) in [6, 6.07) is 6.90. The Bertz CT molecular complexity index is 410. The number of ether oxygens (including phenoxy) is 2. The second-order valence-electron chi connectivity index (χ2n) is 5.03. The molecule has 100 valence electrons. The van der Waals surface area contributed by atoms with Gasteiger partial charge in [-0.1, -0.05) is 12.1 Å². The largest absolute Gasteiger partial charge is 0.497 e. The number of carbonyl (C=O) groups is 1. The molecule has 0 bridgehead atoms. The molecule has 18 heavy (non-hydrogen) atoms. The van der Waals surface area contributed by atoms with Crippen molar-refractivity contribution in [3.8, 4) is 5.75 Å². The predicted molar refractivity (Wildman–Crippen MR) is 70.6 cm³/mol. The number of hydrogen-bond donors (Lipinski definition) is 1. The molecule has 0 amide bonds. The van der Waals surface area contributed by atoms with Crippen molar-refractivity contribution in [3.63, 3.8) is 0 Å². The van der Waals surface area contributed by atoms with Gasteiger partial charge in [0.15, 0.2) is 0 Å². The summed E-state index contributed by atoms with van der Waals surface area (Å²) in [4.78, 5) is 12.1. The highest BCUT2D eigenvalue weighted by molar-refractivity contribution is 5.78. The van der Waals surface area contributed by atoms with Gasteiger partial charge < -0.3 is 14.8 Å². The molecular weight excluding hydrogens is 230 g/mol. The van der Waals surface area contributed by atoms with Gasteiger partial charge in [0.2, 0.25) is 0 Å². The van der Waals surface area contributed by atoms with Crippen molar-refractivity contribution < 1.29 is 14.3 Å². The number of benzene rings is 1. The summed E-state index contributed by atoms with van der Waals surface area (Å²) in [5.74, 6) is 0.426. The molecule has 0 aromatic heterocycles. The number of esters is 1. The first-order chi connectivity index (χ1) is 8.37. The average Bonchev–Trinajstić information content (AvgIpc) is 2.28. The van der Waals surface area contributed by atoms with Crippen LogP contribution in [-0.2, 0) is 9.53 Å². The van der Waals surface area contributed by atoms with Gasteiger partial charge in [-0.2, -0.15) is 0 Å². The van der Waals surface area contributed by atoms with E-state index in [0.717, 1.165) is 11.3 Å². The molecule has 4 heteroatoms. The third kappa shape index (κ3) is 4.04. The third-order valence-electron chi connectivity index (χ3n) is 2.36. The Kier molecular flexibility index (Phi) is 4.73. The molecular formula is C14H21NO3. The number of rotatable bonds is 4. The summed E-state index contributed by atoms with van der Waals surface area (Å²) in [5, 5.41) is 2.96. The fourth-order valence-electron chi connectivity index (χ4n) is 1.60. The van der Waals surface area contributed by atoms with E-state index < -0.39 is 11.6 Å². The standard InChI is InChI=1S/C14H21NO3/c1-14(2,3)18-13(16)12(15-4)10-7-6-8-11(9-10)17-5/h6-9,12,15H,1-5H3. The molecule has 0 spiro atoms. The van der Waals surface area contributed by atoms with Crippen LogP contribution in [0.2, 0.25) is 0 Å². The van der Waals surface area contributed by atoms with Gasteiger partial charge in [-0.3, -0.25) is 0 Å². The van der Waals surface area contributed by atoms with Crippen molar-refractivity contribution in [2.75, 3.05) is 14.2 Å². The van der Waals surface area contributed by atoms with E-state index in [0.29, 0.717) is 0 Å². The predicted octanol–water partition coefficient (Wildman–Crippen LogP) is 2.30. The van der Waals surface area contributed by atoms with E-state index in [1.165, 1.54) is 0 Å². The molecule has 0 saturated carbocycles. The number of hydrogen-bond acceptors (Lipinski definition) is 4. The van der Waals surface area contributed by atoms with Crippen molar-refractivity contribution in [1.82, 2.24) is 5.32 Å². The van der Waals surface area contributed by atoms with Crippen LogP contribution in [0.1, 0.15) is 32.4 Å². The van der Waals surface area contributed by atoms with Crippen LogP contribution in [0.4, 0.5) is 0 Å². The molecule has 0 aliphatic carbocycles. The SMILES string of the molecule is CNC(C(=O)OC(C)(C)C)c1cccc(OC)c1. The maximum atomic E-state index is 12.1. The van der Waals surface area contributed by atoms with Crippen LogP contribution in [0.5, 0.6) is 5.75 Å². The number of likely N-dealkylation sites (N-methyl/N-ethyl adjacent to an activating group) is 1. The topological polar surface area (TPSA) is 47.6 Å². The molecule has 1 N–H and O–H groups in total. The summed E-state index contributed by atoms with van der Waals surface area (Å²) >= 11 is 0. The normalized spacial score (nSPS) is 12.9. The van der Waals surface area contributed by atoms with E-state index in [-0.39, 0.29) is 5.97 Å². The summed E-state index contributed by atoms with van der Waals surface area (Å²) in [6.45, 7) is 5.55. The van der Waals surface area contributed by atoms with Gasteiger partial charge in [0.05, 0.1) is 7.11 Å². The lowest BCUT2D eigenvalue weighted by atomic mass is 10.1. The summed E-state index contributed by atoms with van der Waals surface area (Å²) in [7, 11) is 3.33. The lowest BCUT2D eigenvalue weighted by Crippen LogP contribution is -2.33. The zero-order valence-electron chi connectivity index (χ0n) is 11.6. The minimum absolute atomic E-state index is 0.293.